The molecule has 2 N–H and O–H groups in total. The van der Waals surface area contributed by atoms with Gasteiger partial charge in [-0.1, -0.05) is 0 Å². The van der Waals surface area contributed by atoms with Crippen LogP contribution in [0.3, 0.4) is 0 Å². The van der Waals surface area contributed by atoms with Crippen molar-refractivity contribution in [2.24, 2.45) is 5.73 Å². The van der Waals surface area contributed by atoms with Crippen molar-refractivity contribution >= 4 is 0 Å². The molecule has 0 spiro atoms. The molecule has 0 aliphatic carbocycles. The molecule has 0 atom stereocenters. The Morgan fingerprint density at radius 2 is 1.39 bits per heavy atom. The van der Waals surface area contributed by atoms with Crippen LogP contribution in [0.2, 0.25) is 0 Å². The second-order valence-corrected chi connectivity index (χ2v) is 4.54. The fraction of sp³-hybridized carbons (Fsp3) is 0.357. The number of pyridine rings is 1. The van der Waals surface area contributed by atoms with Crippen molar-refractivity contribution in [1.29, 1.82) is 0 Å². The Balaban J connectivity index is 2.58. The third-order valence-corrected chi connectivity index (χ3v) is 2.96. The molecule has 94 valence electrons. The number of rotatable bonds is 2. The fourth-order valence-corrected chi connectivity index (χ4v) is 2.13. The van der Waals surface area contributed by atoms with Crippen LogP contribution in [0.5, 0.6) is 0 Å². The summed E-state index contributed by atoms with van der Waals surface area (Å²) in [5.41, 5.74) is 11.6. The van der Waals surface area contributed by atoms with Gasteiger partial charge in [0.25, 0.3) is 0 Å². The summed E-state index contributed by atoms with van der Waals surface area (Å²) in [6.45, 7) is 8.38. The van der Waals surface area contributed by atoms with E-state index in [1.807, 2.05) is 39.8 Å². The zero-order valence-corrected chi connectivity index (χ0v) is 11.3. The number of nitrogens with zero attached hydrogens (tertiary/aromatic N) is 3. The standard InChI is InChI=1S/C14H18N4/c1-8-5-12(6-9(2)16-8)14-17-10(3)13(7-15)11(4)18-14/h5-6H,7,15H2,1-4H3. The minimum Gasteiger partial charge on any atom is -0.326 e. The Morgan fingerprint density at radius 1 is 0.889 bits per heavy atom. The number of hydrogen-bond acceptors (Lipinski definition) is 4. The minimum atomic E-state index is 0.479. The van der Waals surface area contributed by atoms with E-state index in [0.717, 1.165) is 39.7 Å². The Hall–Kier alpha value is -1.81. The molecule has 0 unspecified atom stereocenters. The molecule has 18 heavy (non-hydrogen) atoms. The molecule has 2 heterocycles. The highest BCUT2D eigenvalue weighted by Crippen LogP contribution is 2.19. The summed E-state index contributed by atoms with van der Waals surface area (Å²) in [4.78, 5) is 13.4. The molecule has 0 aliphatic heterocycles. The number of nitrogens with two attached hydrogens (primary N) is 1. The van der Waals surface area contributed by atoms with Gasteiger partial charge in [0, 0.05) is 40.4 Å². The van der Waals surface area contributed by atoms with Crippen molar-refractivity contribution in [3.8, 4) is 11.4 Å². The molecule has 0 fully saturated rings. The molecule has 0 saturated carbocycles. The highest BCUT2D eigenvalue weighted by Gasteiger charge is 2.09. The largest absolute Gasteiger partial charge is 0.326 e. The maximum absolute atomic E-state index is 5.70. The molecule has 0 aliphatic rings. The topological polar surface area (TPSA) is 64.7 Å². The molecular weight excluding hydrogens is 224 g/mol. The summed E-state index contributed by atoms with van der Waals surface area (Å²) < 4.78 is 0. The van der Waals surface area contributed by atoms with Gasteiger partial charge in [-0.15, -0.1) is 0 Å². The van der Waals surface area contributed by atoms with E-state index in [1.165, 1.54) is 0 Å². The molecule has 0 amide bonds. The van der Waals surface area contributed by atoms with Gasteiger partial charge in [-0.05, 0) is 39.8 Å². The predicted octanol–water partition coefficient (Wildman–Crippen LogP) is 2.23. The second kappa shape index (κ2) is 4.82. The summed E-state index contributed by atoms with van der Waals surface area (Å²) in [5.74, 6) is 0.746. The first-order valence-corrected chi connectivity index (χ1v) is 6.01. The monoisotopic (exact) mass is 242 g/mol. The molecule has 4 heteroatoms. The van der Waals surface area contributed by atoms with E-state index in [1.54, 1.807) is 0 Å². The average molecular weight is 242 g/mol. The minimum absolute atomic E-state index is 0.479. The SMILES string of the molecule is Cc1cc(-c2nc(C)c(CN)c(C)n2)cc(C)n1. The smallest absolute Gasteiger partial charge is 0.159 e. The molecule has 0 radical (unpaired) electrons. The molecule has 0 saturated heterocycles. The van der Waals surface area contributed by atoms with Crippen LogP contribution in [0.25, 0.3) is 11.4 Å². The molecule has 2 aromatic heterocycles. The first kappa shape index (κ1) is 12.6. The molecule has 0 aromatic carbocycles. The number of aromatic nitrogens is 3. The maximum Gasteiger partial charge on any atom is 0.159 e. The van der Waals surface area contributed by atoms with Crippen LogP contribution < -0.4 is 5.73 Å². The van der Waals surface area contributed by atoms with Gasteiger partial charge in [-0.25, -0.2) is 9.97 Å². The van der Waals surface area contributed by atoms with Crippen LogP contribution in [0, 0.1) is 27.7 Å². The van der Waals surface area contributed by atoms with Crippen molar-refractivity contribution in [3.63, 3.8) is 0 Å². The molecule has 2 aromatic rings. The zero-order chi connectivity index (χ0) is 13.3. The van der Waals surface area contributed by atoms with Crippen LogP contribution in [0.15, 0.2) is 12.1 Å². The van der Waals surface area contributed by atoms with Gasteiger partial charge >= 0.3 is 0 Å². The van der Waals surface area contributed by atoms with Gasteiger partial charge in [0.05, 0.1) is 0 Å². The Bertz CT molecular complexity index is 547. The third-order valence-electron chi connectivity index (χ3n) is 2.96. The average Bonchev–Trinajstić information content (AvgIpc) is 2.27. The van der Waals surface area contributed by atoms with Gasteiger partial charge in [-0.2, -0.15) is 0 Å². The maximum atomic E-state index is 5.70. The lowest BCUT2D eigenvalue weighted by atomic mass is 10.1. The molecular formula is C14H18N4. The molecule has 0 bridgehead atoms. The highest BCUT2D eigenvalue weighted by atomic mass is 14.9. The number of aryl methyl sites for hydroxylation is 4. The van der Waals surface area contributed by atoms with E-state index < -0.39 is 0 Å². The highest BCUT2D eigenvalue weighted by molar-refractivity contribution is 5.56. The zero-order valence-electron chi connectivity index (χ0n) is 11.3. The van der Waals surface area contributed by atoms with E-state index >= 15 is 0 Å². The van der Waals surface area contributed by atoms with E-state index in [-0.39, 0.29) is 0 Å². The van der Waals surface area contributed by atoms with Crippen LogP contribution in [-0.4, -0.2) is 15.0 Å². The molecule has 4 nitrogen and oxygen atoms in total. The van der Waals surface area contributed by atoms with Gasteiger partial charge in [0.15, 0.2) is 5.82 Å². The first-order valence-electron chi connectivity index (χ1n) is 6.01. The predicted molar refractivity (Wildman–Crippen MR) is 72.1 cm³/mol. The van der Waals surface area contributed by atoms with Crippen molar-refractivity contribution in [1.82, 2.24) is 15.0 Å². The summed E-state index contributed by atoms with van der Waals surface area (Å²) in [7, 11) is 0. The quantitative estimate of drug-likeness (QED) is 0.877. The van der Waals surface area contributed by atoms with E-state index in [4.69, 9.17) is 5.73 Å². The van der Waals surface area contributed by atoms with Crippen molar-refractivity contribution < 1.29 is 0 Å². The van der Waals surface area contributed by atoms with Crippen molar-refractivity contribution in [2.75, 3.05) is 0 Å². The van der Waals surface area contributed by atoms with Crippen molar-refractivity contribution in [2.45, 2.75) is 34.2 Å². The lowest BCUT2D eigenvalue weighted by molar-refractivity contribution is 0.937. The number of hydrogen-bond donors (Lipinski definition) is 1. The van der Waals surface area contributed by atoms with Crippen LogP contribution in [-0.2, 0) is 6.54 Å². The third kappa shape index (κ3) is 2.38. The van der Waals surface area contributed by atoms with E-state index in [2.05, 4.69) is 15.0 Å². The summed E-state index contributed by atoms with van der Waals surface area (Å²) in [6, 6.07) is 4.01. The lowest BCUT2D eigenvalue weighted by Gasteiger charge is -2.10. The van der Waals surface area contributed by atoms with Gasteiger partial charge in [0.2, 0.25) is 0 Å². The Kier molecular flexibility index (Phi) is 3.39. The fourth-order valence-electron chi connectivity index (χ4n) is 2.13. The van der Waals surface area contributed by atoms with Crippen LogP contribution in [0.1, 0.15) is 28.3 Å². The lowest BCUT2D eigenvalue weighted by Crippen LogP contribution is -2.07. The van der Waals surface area contributed by atoms with Crippen LogP contribution in [0.4, 0.5) is 0 Å². The van der Waals surface area contributed by atoms with Gasteiger partial charge < -0.3 is 5.73 Å². The summed E-state index contributed by atoms with van der Waals surface area (Å²) in [6.07, 6.45) is 0. The Morgan fingerprint density at radius 3 is 1.83 bits per heavy atom. The van der Waals surface area contributed by atoms with Crippen LogP contribution >= 0.6 is 0 Å². The summed E-state index contributed by atoms with van der Waals surface area (Å²) in [5, 5.41) is 0. The second-order valence-electron chi connectivity index (χ2n) is 4.54. The van der Waals surface area contributed by atoms with Gasteiger partial charge in [0.1, 0.15) is 0 Å². The molecule has 2 rings (SSSR count). The van der Waals surface area contributed by atoms with Crippen molar-refractivity contribution in [3.05, 3.63) is 40.5 Å². The van der Waals surface area contributed by atoms with E-state index in [9.17, 15) is 0 Å². The Labute approximate surface area is 107 Å². The first-order chi connectivity index (χ1) is 8.51. The summed E-state index contributed by atoms with van der Waals surface area (Å²) >= 11 is 0. The van der Waals surface area contributed by atoms with E-state index in [0.29, 0.717) is 6.54 Å². The van der Waals surface area contributed by atoms with Gasteiger partial charge in [-0.3, -0.25) is 4.98 Å². The normalized spacial score (nSPS) is 10.7.